The first-order valence-corrected chi connectivity index (χ1v) is 8.57. The van der Waals surface area contributed by atoms with Gasteiger partial charge in [0.25, 0.3) is 0 Å². The van der Waals surface area contributed by atoms with E-state index in [4.69, 9.17) is 21.7 Å². The van der Waals surface area contributed by atoms with E-state index in [9.17, 15) is 28.8 Å². The Morgan fingerprint density at radius 1 is 0.964 bits per heavy atom. The molecule has 0 saturated heterocycles. The van der Waals surface area contributed by atoms with Gasteiger partial charge in [0, 0.05) is 12.2 Å². The Morgan fingerprint density at radius 2 is 1.57 bits per heavy atom. The molecule has 0 aromatic carbocycles. The molecule has 13 nitrogen and oxygen atoms in total. The molecule has 158 valence electrons. The lowest BCUT2D eigenvalue weighted by Gasteiger charge is -2.21. The number of carbonyl (C=O) groups excluding carboxylic acids is 4. The van der Waals surface area contributed by atoms with Gasteiger partial charge in [-0.2, -0.15) is 12.6 Å². The molecule has 0 rings (SSSR count). The van der Waals surface area contributed by atoms with Gasteiger partial charge in [-0.15, -0.1) is 0 Å². The summed E-state index contributed by atoms with van der Waals surface area (Å²) in [6.45, 7) is -0.544. The molecule has 28 heavy (non-hydrogen) atoms. The molecule has 0 aromatic heterocycles. The topological polar surface area (TPSA) is 231 Å². The maximum Gasteiger partial charge on any atom is 0.326 e. The molecule has 3 unspecified atom stereocenters. The van der Waals surface area contributed by atoms with Gasteiger partial charge >= 0.3 is 11.9 Å². The van der Waals surface area contributed by atoms with E-state index in [0.29, 0.717) is 0 Å². The van der Waals surface area contributed by atoms with Crippen LogP contribution in [0.15, 0.2) is 0 Å². The fourth-order valence-corrected chi connectivity index (χ4v) is 2.00. The van der Waals surface area contributed by atoms with E-state index in [-0.39, 0.29) is 18.6 Å². The van der Waals surface area contributed by atoms with Gasteiger partial charge in [-0.3, -0.25) is 24.0 Å². The lowest BCUT2D eigenvalue weighted by Crippen LogP contribution is -2.54. The van der Waals surface area contributed by atoms with Gasteiger partial charge in [-0.05, 0) is 6.42 Å². The largest absolute Gasteiger partial charge is 0.481 e. The van der Waals surface area contributed by atoms with Crippen molar-refractivity contribution in [1.82, 2.24) is 16.0 Å². The summed E-state index contributed by atoms with van der Waals surface area (Å²) in [7, 11) is 0. The first-order valence-electron chi connectivity index (χ1n) is 7.94. The Bertz CT molecular complexity index is 629. The van der Waals surface area contributed by atoms with Gasteiger partial charge in [0.15, 0.2) is 0 Å². The number of nitrogens with two attached hydrogens (primary N) is 2. The average Bonchev–Trinajstić information content (AvgIpc) is 2.60. The van der Waals surface area contributed by atoms with Gasteiger partial charge in [-0.1, -0.05) is 0 Å². The zero-order valence-electron chi connectivity index (χ0n) is 14.7. The molecular weight excluding hydrogens is 398 g/mol. The Labute approximate surface area is 165 Å². The minimum Gasteiger partial charge on any atom is -0.481 e. The van der Waals surface area contributed by atoms with Crippen LogP contribution < -0.4 is 27.4 Å². The van der Waals surface area contributed by atoms with Crippen molar-refractivity contribution in [2.24, 2.45) is 11.5 Å². The van der Waals surface area contributed by atoms with E-state index in [0.717, 1.165) is 0 Å². The number of carboxylic acid groups (broad SMARTS) is 2. The van der Waals surface area contributed by atoms with Gasteiger partial charge < -0.3 is 37.6 Å². The standard InChI is InChI=1S/C14H23N5O8S/c15-6(5-28)12(24)17-4-10(21)18-7(1-2-9(16)20)13(25)19-8(14(26)27)3-11(22)23/h6-8,28H,1-5,15H2,(H2,16,20)(H,17,24)(H,18,21)(H,19,25)(H,22,23)(H,26,27). The van der Waals surface area contributed by atoms with Crippen LogP contribution in [0.5, 0.6) is 0 Å². The lowest BCUT2D eigenvalue weighted by molar-refractivity contribution is -0.147. The first-order chi connectivity index (χ1) is 13.0. The number of nitrogens with one attached hydrogen (secondary N) is 3. The van der Waals surface area contributed by atoms with E-state index in [1.54, 1.807) is 0 Å². The lowest BCUT2D eigenvalue weighted by atomic mass is 10.1. The van der Waals surface area contributed by atoms with Crippen molar-refractivity contribution in [3.8, 4) is 0 Å². The highest BCUT2D eigenvalue weighted by Gasteiger charge is 2.28. The summed E-state index contributed by atoms with van der Waals surface area (Å²) in [5.74, 6) is -6.30. The number of primary amides is 1. The molecule has 0 heterocycles. The number of amides is 4. The fourth-order valence-electron chi connectivity index (χ4n) is 1.83. The molecule has 0 spiro atoms. The van der Waals surface area contributed by atoms with Crippen LogP contribution in [0, 0.1) is 0 Å². The summed E-state index contributed by atoms with van der Waals surface area (Å²) in [5, 5.41) is 24.0. The second-order valence-corrected chi connectivity index (χ2v) is 5.99. The van der Waals surface area contributed by atoms with Crippen LogP contribution in [0.3, 0.4) is 0 Å². The molecule has 4 amide bonds. The minimum atomic E-state index is -1.74. The molecule has 0 bridgehead atoms. The number of carbonyl (C=O) groups is 6. The van der Waals surface area contributed by atoms with Crippen LogP contribution in [0.25, 0.3) is 0 Å². The van der Waals surface area contributed by atoms with E-state index >= 15 is 0 Å². The van der Waals surface area contributed by atoms with Crippen molar-refractivity contribution >= 4 is 48.2 Å². The summed E-state index contributed by atoms with van der Waals surface area (Å²) in [5.41, 5.74) is 10.4. The van der Waals surface area contributed by atoms with E-state index in [1.807, 2.05) is 5.32 Å². The quantitative estimate of drug-likeness (QED) is 0.136. The van der Waals surface area contributed by atoms with Crippen molar-refractivity contribution in [2.45, 2.75) is 37.4 Å². The highest BCUT2D eigenvalue weighted by atomic mass is 32.1. The Hall–Kier alpha value is -2.87. The Morgan fingerprint density at radius 3 is 2.04 bits per heavy atom. The number of hydrogen-bond acceptors (Lipinski definition) is 8. The summed E-state index contributed by atoms with van der Waals surface area (Å²) in [6.07, 6.45) is -1.47. The van der Waals surface area contributed by atoms with Gasteiger partial charge in [-0.25, -0.2) is 4.79 Å². The van der Waals surface area contributed by atoms with Gasteiger partial charge in [0.1, 0.15) is 12.1 Å². The third-order valence-electron chi connectivity index (χ3n) is 3.28. The summed E-state index contributed by atoms with van der Waals surface area (Å²) in [4.78, 5) is 68.3. The summed E-state index contributed by atoms with van der Waals surface area (Å²) < 4.78 is 0. The molecular formula is C14H23N5O8S. The Kier molecular flexibility index (Phi) is 11.2. The highest BCUT2D eigenvalue weighted by molar-refractivity contribution is 7.80. The van der Waals surface area contributed by atoms with Gasteiger partial charge in [0.05, 0.1) is 19.0 Å². The molecule has 0 aromatic rings. The van der Waals surface area contributed by atoms with Crippen LogP contribution in [0.1, 0.15) is 19.3 Å². The van der Waals surface area contributed by atoms with Crippen LogP contribution in [0.2, 0.25) is 0 Å². The maximum absolute atomic E-state index is 12.2. The maximum atomic E-state index is 12.2. The number of rotatable bonds is 13. The second kappa shape index (κ2) is 12.5. The van der Waals surface area contributed by atoms with Crippen molar-refractivity contribution in [1.29, 1.82) is 0 Å². The minimum absolute atomic E-state index is 0.0389. The number of aliphatic carboxylic acids is 2. The third-order valence-corrected chi connectivity index (χ3v) is 3.67. The molecule has 9 N–H and O–H groups in total. The molecule has 0 aliphatic heterocycles. The van der Waals surface area contributed by atoms with Crippen LogP contribution in [-0.2, 0) is 28.8 Å². The number of thiol groups is 1. The van der Waals surface area contributed by atoms with Crippen LogP contribution in [0.4, 0.5) is 0 Å². The third kappa shape index (κ3) is 10.3. The fraction of sp³-hybridized carbons (Fsp3) is 0.571. The number of carboxylic acids is 2. The molecule has 14 heteroatoms. The smallest absolute Gasteiger partial charge is 0.326 e. The molecule has 0 saturated carbocycles. The zero-order chi connectivity index (χ0) is 21.9. The monoisotopic (exact) mass is 421 g/mol. The highest BCUT2D eigenvalue weighted by Crippen LogP contribution is 2.01. The molecule has 0 fully saturated rings. The Balaban J connectivity index is 4.99. The summed E-state index contributed by atoms with van der Waals surface area (Å²) in [6, 6.07) is -4.07. The second-order valence-electron chi connectivity index (χ2n) is 5.63. The predicted molar refractivity (Wildman–Crippen MR) is 97.0 cm³/mol. The van der Waals surface area contributed by atoms with E-state index in [1.165, 1.54) is 0 Å². The molecule has 0 aliphatic rings. The molecule has 0 aliphatic carbocycles. The summed E-state index contributed by atoms with van der Waals surface area (Å²) >= 11 is 3.83. The van der Waals surface area contributed by atoms with Crippen molar-refractivity contribution in [3.63, 3.8) is 0 Å². The van der Waals surface area contributed by atoms with Crippen LogP contribution in [-0.4, -0.2) is 76.2 Å². The number of hydrogen-bond donors (Lipinski definition) is 8. The van der Waals surface area contributed by atoms with E-state index in [2.05, 4.69) is 23.3 Å². The first kappa shape index (κ1) is 25.1. The predicted octanol–water partition coefficient (Wildman–Crippen LogP) is -3.85. The average molecular weight is 421 g/mol. The van der Waals surface area contributed by atoms with Crippen molar-refractivity contribution < 1.29 is 39.0 Å². The normalized spacial score (nSPS) is 13.5. The SMILES string of the molecule is NC(=O)CCC(NC(=O)CNC(=O)C(N)CS)C(=O)NC(CC(=O)O)C(=O)O. The van der Waals surface area contributed by atoms with Crippen molar-refractivity contribution in [2.75, 3.05) is 12.3 Å². The zero-order valence-corrected chi connectivity index (χ0v) is 15.6. The van der Waals surface area contributed by atoms with Crippen LogP contribution >= 0.6 is 12.6 Å². The molecule has 3 atom stereocenters. The van der Waals surface area contributed by atoms with E-state index < -0.39 is 66.7 Å². The van der Waals surface area contributed by atoms with Crippen molar-refractivity contribution in [3.05, 3.63) is 0 Å². The van der Waals surface area contributed by atoms with Gasteiger partial charge in [0.2, 0.25) is 23.6 Å². The molecule has 0 radical (unpaired) electrons.